The Balaban J connectivity index is 4.68. The summed E-state index contributed by atoms with van der Waals surface area (Å²) < 4.78 is 61.3. The quantitative estimate of drug-likeness (QED) is 0.0146. The van der Waals surface area contributed by atoms with Gasteiger partial charge in [-0.25, -0.2) is 9.13 Å². The summed E-state index contributed by atoms with van der Waals surface area (Å²) in [7, 11) is -9.82. The highest BCUT2D eigenvalue weighted by Crippen LogP contribution is 2.45. The lowest BCUT2D eigenvalue weighted by atomic mass is 10.0. The highest BCUT2D eigenvalue weighted by molar-refractivity contribution is 7.47. The Kier molecular flexibility index (Phi) is 78.5. The van der Waals surface area contributed by atoms with Crippen LogP contribution in [0.25, 0.3) is 0 Å². The van der Waals surface area contributed by atoms with Crippen LogP contribution in [0, 0.1) is 0 Å². The number of esters is 3. The third kappa shape index (κ3) is 83.7. The summed E-state index contributed by atoms with van der Waals surface area (Å²) in [5.74, 6) is -1.61. The van der Waals surface area contributed by atoms with Gasteiger partial charge in [0, 0.05) is 19.3 Å². The van der Waals surface area contributed by atoms with Crippen LogP contribution in [0.1, 0.15) is 329 Å². The molecule has 5 unspecified atom stereocenters. The van der Waals surface area contributed by atoms with Crippen LogP contribution in [0.4, 0.5) is 0 Å². The lowest BCUT2D eigenvalue weighted by Gasteiger charge is -2.21. The van der Waals surface area contributed by atoms with Gasteiger partial charge in [-0.15, -0.1) is 0 Å². The van der Waals surface area contributed by atoms with E-state index in [9.17, 15) is 43.5 Å². The molecule has 0 aromatic carbocycles. The van der Waals surface area contributed by atoms with Crippen molar-refractivity contribution in [3.05, 3.63) is 170 Å². The number of hydrogen-bond donors (Lipinski definition) is 4. The van der Waals surface area contributed by atoms with Crippen LogP contribution in [0.15, 0.2) is 170 Å². The lowest BCUT2D eigenvalue weighted by Crippen LogP contribution is -2.30. The van der Waals surface area contributed by atoms with E-state index in [1.165, 1.54) is 89.9 Å². The summed E-state index contributed by atoms with van der Waals surface area (Å²) in [6, 6.07) is 0. The van der Waals surface area contributed by atoms with E-state index in [0.29, 0.717) is 19.3 Å². The Morgan fingerprint density at radius 1 is 0.266 bits per heavy atom. The number of ether oxygens (including phenoxy) is 3. The molecule has 0 aliphatic rings. The minimum Gasteiger partial charge on any atom is -0.463 e. The summed E-state index contributed by atoms with van der Waals surface area (Å²) in [5.41, 5.74) is 0. The third-order valence-electron chi connectivity index (χ3n) is 17.4. The van der Waals surface area contributed by atoms with Crippen molar-refractivity contribution < 1.29 is 75.8 Å². The van der Waals surface area contributed by atoms with Gasteiger partial charge < -0.3 is 34.2 Å². The topological polar surface area (TPSA) is 231 Å². The first-order valence-corrected chi connectivity index (χ1v) is 45.4. The van der Waals surface area contributed by atoms with Crippen molar-refractivity contribution in [1.82, 2.24) is 0 Å². The zero-order chi connectivity index (χ0) is 79.4. The zero-order valence-electron chi connectivity index (χ0n) is 68.2. The van der Waals surface area contributed by atoms with Gasteiger partial charge in [-0.1, -0.05) is 326 Å². The second-order valence-corrected chi connectivity index (χ2v) is 30.8. The number of phosphoric ester groups is 2. The van der Waals surface area contributed by atoms with Gasteiger partial charge in [0.15, 0.2) is 6.10 Å². The second kappa shape index (κ2) is 82.4. The van der Waals surface area contributed by atoms with E-state index < -0.39 is 91.5 Å². The van der Waals surface area contributed by atoms with Crippen molar-refractivity contribution in [2.24, 2.45) is 0 Å². The summed E-state index contributed by atoms with van der Waals surface area (Å²) >= 11 is 0. The molecule has 0 saturated carbocycles. The molecule has 109 heavy (non-hydrogen) atoms. The van der Waals surface area contributed by atoms with Crippen LogP contribution in [-0.4, -0.2) is 95.9 Å². The molecule has 0 aromatic rings. The van der Waals surface area contributed by atoms with Crippen LogP contribution in [0.5, 0.6) is 0 Å². The molecule has 0 saturated heterocycles. The first-order chi connectivity index (χ1) is 53.2. The molecule has 0 heterocycles. The molecule has 0 aliphatic heterocycles. The maximum atomic E-state index is 13.0. The predicted octanol–water partition coefficient (Wildman–Crippen LogP) is 25.5. The Hall–Kier alpha value is -5.09. The van der Waals surface area contributed by atoms with Gasteiger partial charge in [-0.2, -0.15) is 0 Å². The molecule has 16 nitrogen and oxygen atoms in total. The fraction of sp³-hybridized carbons (Fsp3) is 0.659. The number of rotatable bonds is 79. The van der Waals surface area contributed by atoms with Gasteiger partial charge in [0.05, 0.1) is 26.4 Å². The van der Waals surface area contributed by atoms with Crippen molar-refractivity contribution in [3.63, 3.8) is 0 Å². The highest BCUT2D eigenvalue weighted by atomic mass is 31.2. The minimum atomic E-state index is -4.95. The number of aliphatic hydroxyl groups is 2. The van der Waals surface area contributed by atoms with Gasteiger partial charge >= 0.3 is 33.6 Å². The molecular weight excluding hydrogens is 1410 g/mol. The third-order valence-corrected chi connectivity index (χ3v) is 19.3. The van der Waals surface area contributed by atoms with Crippen LogP contribution in [0.3, 0.4) is 0 Å². The lowest BCUT2D eigenvalue weighted by molar-refractivity contribution is -0.161. The van der Waals surface area contributed by atoms with Crippen molar-refractivity contribution in [1.29, 1.82) is 0 Å². The fourth-order valence-corrected chi connectivity index (χ4v) is 12.6. The number of unbranched alkanes of at least 4 members (excludes halogenated alkanes) is 28. The molecule has 18 heteroatoms. The number of hydrogen-bond acceptors (Lipinski definition) is 14. The molecule has 0 rings (SSSR count). The molecule has 622 valence electrons. The largest absolute Gasteiger partial charge is 0.472 e. The van der Waals surface area contributed by atoms with Gasteiger partial charge in [0.1, 0.15) is 25.4 Å². The number of carbonyl (C=O) groups excluding carboxylic acids is 3. The van der Waals surface area contributed by atoms with E-state index in [0.717, 1.165) is 180 Å². The molecule has 0 aromatic heterocycles. The summed E-state index contributed by atoms with van der Waals surface area (Å²) in [4.78, 5) is 58.9. The average molecular weight is 1560 g/mol. The SMILES string of the molecule is CC/C=C\C/C=C\C/C=C\C/C=C\C/C=C\CCCCCCCCCCCCCC(=O)OCC(O)COP(=O)(O)OCC(O)COP(=O)(O)OCC(COC(=O)CCCCCCCCCCC/C=C\C/C=C\C/C=C\C/C=C\C/C=C\CC)OC(=O)CCCCCCC/C=C\C/C=C\C/C=C\C/C=C\CCCCC. The molecule has 0 spiro atoms. The first kappa shape index (κ1) is 104. The Morgan fingerprint density at radius 3 is 0.771 bits per heavy atom. The van der Waals surface area contributed by atoms with Crippen molar-refractivity contribution >= 4 is 33.6 Å². The van der Waals surface area contributed by atoms with Crippen LogP contribution in [0.2, 0.25) is 0 Å². The zero-order valence-corrected chi connectivity index (χ0v) is 70.0. The van der Waals surface area contributed by atoms with Crippen molar-refractivity contribution in [2.75, 3.05) is 39.6 Å². The number of allylic oxidation sites excluding steroid dienone is 28. The smallest absolute Gasteiger partial charge is 0.463 e. The monoisotopic (exact) mass is 1560 g/mol. The maximum Gasteiger partial charge on any atom is 0.472 e. The number of carbonyl (C=O) groups is 3. The van der Waals surface area contributed by atoms with E-state index in [1.807, 2.05) is 0 Å². The predicted molar refractivity (Wildman–Crippen MR) is 454 cm³/mol. The molecule has 0 aliphatic carbocycles. The summed E-state index contributed by atoms with van der Waals surface area (Å²) in [6.45, 7) is 2.41. The van der Waals surface area contributed by atoms with E-state index in [2.05, 4.69) is 191 Å². The van der Waals surface area contributed by atoms with Gasteiger partial charge in [-0.3, -0.25) is 32.5 Å². The molecule has 5 atom stereocenters. The molecular formula is C91H152O16P2. The molecule has 4 N–H and O–H groups in total. The van der Waals surface area contributed by atoms with Gasteiger partial charge in [0.25, 0.3) is 0 Å². The Morgan fingerprint density at radius 2 is 0.486 bits per heavy atom. The van der Waals surface area contributed by atoms with Gasteiger partial charge in [-0.05, 0) is 154 Å². The summed E-state index contributed by atoms with van der Waals surface area (Å²) in [6.07, 6.45) is 105. The van der Waals surface area contributed by atoms with E-state index in [-0.39, 0.29) is 19.3 Å². The average Bonchev–Trinajstić information content (AvgIpc) is 0.902. The number of phosphoric acid groups is 2. The maximum absolute atomic E-state index is 13.0. The first-order valence-electron chi connectivity index (χ1n) is 42.4. The van der Waals surface area contributed by atoms with E-state index in [4.69, 9.17) is 32.3 Å². The Bertz CT molecular complexity index is 2660. The van der Waals surface area contributed by atoms with Crippen LogP contribution in [-0.2, 0) is 55.8 Å². The molecule has 0 amide bonds. The fourth-order valence-electron chi connectivity index (χ4n) is 11.0. The van der Waals surface area contributed by atoms with Crippen molar-refractivity contribution in [2.45, 2.75) is 347 Å². The Labute approximate surface area is 662 Å². The van der Waals surface area contributed by atoms with E-state index in [1.54, 1.807) is 0 Å². The van der Waals surface area contributed by atoms with Gasteiger partial charge in [0.2, 0.25) is 0 Å². The molecule has 0 bridgehead atoms. The normalized spacial score (nSPS) is 14.7. The summed E-state index contributed by atoms with van der Waals surface area (Å²) in [5, 5.41) is 20.7. The van der Waals surface area contributed by atoms with Crippen LogP contribution < -0.4 is 0 Å². The minimum absolute atomic E-state index is 0.0769. The standard InChI is InChI=1S/C91H152O16P2/c1-4-7-10-13-16-19-22-25-28-31-34-37-39-41-42-44-46-48-50-53-56-59-62-65-68-71-74-77-89(94)101-80-86(92)81-103-108(97,98)104-82-87(93)83-105-109(99,100)106-85-88(107-91(96)79-76-73-70-67-64-61-58-55-52-47-36-33-30-27-24-21-18-15-12-9-6-3)84-102-90(95)78-75-72-69-66-63-60-57-54-51-49-45-43-40-38-35-32-29-26-23-20-17-14-11-8-5-2/h7-8,10-11,16-21,25-30,34-38,41-43,45,47,55,58,86-88,92-93H,4-6,9,12-15,22-24,31-33,39-40,44,46,48-54,56-57,59-85H2,1-3H3,(H,97,98)(H,99,100)/b10-7-,11-8-,19-16-,20-17-,21-18-,28-25-,29-26-,30-27-,37-34-,38-35-,42-41-,45-43-,47-36-,58-55-. The van der Waals surface area contributed by atoms with Crippen LogP contribution >= 0.6 is 15.6 Å². The highest BCUT2D eigenvalue weighted by Gasteiger charge is 2.29. The number of aliphatic hydroxyl groups excluding tert-OH is 2. The van der Waals surface area contributed by atoms with E-state index >= 15 is 0 Å². The molecule has 0 fully saturated rings. The molecule has 0 radical (unpaired) electrons. The van der Waals surface area contributed by atoms with Crippen molar-refractivity contribution in [3.8, 4) is 0 Å². The second-order valence-electron chi connectivity index (χ2n) is 27.9.